The number of nitrogens with zero attached hydrogens (tertiary/aromatic N) is 4. The zero-order valence-electron chi connectivity index (χ0n) is 16.0. The van der Waals surface area contributed by atoms with E-state index >= 15 is 0 Å². The van der Waals surface area contributed by atoms with Gasteiger partial charge in [0, 0.05) is 40.5 Å². The highest BCUT2D eigenvalue weighted by Gasteiger charge is 2.13. The third-order valence-corrected chi connectivity index (χ3v) is 4.71. The molecule has 1 N–H and O–H groups in total. The molecule has 0 aliphatic carbocycles. The van der Waals surface area contributed by atoms with Gasteiger partial charge in [-0.1, -0.05) is 0 Å². The minimum Gasteiger partial charge on any atom is -0.455 e. The fourth-order valence-corrected chi connectivity index (χ4v) is 3.32. The molecule has 2 heterocycles. The molecule has 0 spiro atoms. The fraction of sp³-hybridized carbons (Fsp3) is 0.150. The Morgan fingerprint density at radius 2 is 2.20 bits per heavy atom. The standard InChI is InChI=1S/C20H16BrN5O4/c1-12-7-13(11-29-2)17(9-22)20(24-12)25-23-10-15-4-6-19(30-15)16-5-3-14(26(27)28)8-18(16)21/h3-8,10H,11H2,1-2H3,(H,24,25)/b23-10+. The molecular weight excluding hydrogens is 454 g/mol. The van der Waals surface area contributed by atoms with Gasteiger partial charge in [0.2, 0.25) is 0 Å². The van der Waals surface area contributed by atoms with Crippen LogP contribution in [0.2, 0.25) is 0 Å². The summed E-state index contributed by atoms with van der Waals surface area (Å²) in [7, 11) is 1.56. The van der Waals surface area contributed by atoms with Crippen molar-refractivity contribution >= 4 is 33.6 Å². The number of halogens is 1. The number of pyridine rings is 1. The van der Waals surface area contributed by atoms with Crippen molar-refractivity contribution in [2.24, 2.45) is 5.10 Å². The van der Waals surface area contributed by atoms with Gasteiger partial charge in [-0.15, -0.1) is 0 Å². The average Bonchev–Trinajstić information content (AvgIpc) is 3.16. The molecular formula is C20H16BrN5O4. The number of anilines is 1. The fourth-order valence-electron chi connectivity index (χ4n) is 2.76. The highest BCUT2D eigenvalue weighted by atomic mass is 79.9. The Morgan fingerprint density at radius 1 is 1.40 bits per heavy atom. The minimum absolute atomic E-state index is 0.0186. The Labute approximate surface area is 180 Å². The number of nitro benzene ring substituents is 1. The molecule has 0 aliphatic rings. The number of nitrogens with one attached hydrogen (secondary N) is 1. The van der Waals surface area contributed by atoms with Crippen LogP contribution in [0.25, 0.3) is 11.3 Å². The maximum absolute atomic E-state index is 10.9. The molecule has 0 amide bonds. The highest BCUT2D eigenvalue weighted by Crippen LogP contribution is 2.32. The average molecular weight is 470 g/mol. The van der Waals surface area contributed by atoms with E-state index in [2.05, 4.69) is 37.5 Å². The summed E-state index contributed by atoms with van der Waals surface area (Å²) in [6, 6.07) is 11.8. The SMILES string of the molecule is COCc1cc(C)nc(N/N=C/c2ccc(-c3ccc([N+](=O)[O-])cc3Br)o2)c1C#N. The zero-order chi connectivity index (χ0) is 21.7. The summed E-state index contributed by atoms with van der Waals surface area (Å²) in [5.41, 5.74) is 5.22. The van der Waals surface area contributed by atoms with Gasteiger partial charge in [0.05, 0.1) is 17.7 Å². The number of ether oxygens (including phenoxy) is 1. The number of hydrogen-bond donors (Lipinski definition) is 1. The predicted octanol–water partition coefficient (Wildman–Crippen LogP) is 4.78. The smallest absolute Gasteiger partial charge is 0.270 e. The number of furan rings is 1. The lowest BCUT2D eigenvalue weighted by atomic mass is 10.1. The largest absolute Gasteiger partial charge is 0.455 e. The van der Waals surface area contributed by atoms with E-state index in [1.807, 2.05) is 6.92 Å². The Kier molecular flexibility index (Phi) is 6.56. The predicted molar refractivity (Wildman–Crippen MR) is 114 cm³/mol. The Hall–Kier alpha value is -3.55. The van der Waals surface area contributed by atoms with Gasteiger partial charge in [-0.2, -0.15) is 10.4 Å². The molecule has 0 radical (unpaired) electrons. The van der Waals surface area contributed by atoms with Crippen molar-refractivity contribution in [2.45, 2.75) is 13.5 Å². The van der Waals surface area contributed by atoms with Gasteiger partial charge in [0.15, 0.2) is 5.82 Å². The number of rotatable bonds is 7. The third kappa shape index (κ3) is 4.71. The molecule has 1 aromatic carbocycles. The first-order chi connectivity index (χ1) is 14.4. The van der Waals surface area contributed by atoms with Gasteiger partial charge in [-0.25, -0.2) is 4.98 Å². The monoisotopic (exact) mass is 469 g/mol. The van der Waals surface area contributed by atoms with Gasteiger partial charge in [0.1, 0.15) is 23.2 Å². The summed E-state index contributed by atoms with van der Waals surface area (Å²) in [6.07, 6.45) is 1.45. The summed E-state index contributed by atoms with van der Waals surface area (Å²) in [4.78, 5) is 14.7. The van der Waals surface area contributed by atoms with E-state index in [1.165, 1.54) is 18.3 Å². The molecule has 0 atom stereocenters. The van der Waals surface area contributed by atoms with Crippen LogP contribution >= 0.6 is 15.9 Å². The Morgan fingerprint density at radius 3 is 2.87 bits per heavy atom. The molecule has 30 heavy (non-hydrogen) atoms. The Bertz CT molecular complexity index is 1170. The lowest BCUT2D eigenvalue weighted by Crippen LogP contribution is -2.03. The number of nitro groups is 1. The topological polar surface area (TPSA) is 127 Å². The number of methoxy groups -OCH3 is 1. The minimum atomic E-state index is -0.465. The van der Waals surface area contributed by atoms with E-state index in [1.54, 1.807) is 31.4 Å². The van der Waals surface area contributed by atoms with Crippen LogP contribution in [0.5, 0.6) is 0 Å². The first-order valence-electron chi connectivity index (χ1n) is 8.65. The highest BCUT2D eigenvalue weighted by molar-refractivity contribution is 9.10. The number of nitriles is 1. The van der Waals surface area contributed by atoms with Crippen molar-refractivity contribution in [3.63, 3.8) is 0 Å². The molecule has 152 valence electrons. The normalized spacial score (nSPS) is 10.9. The van der Waals surface area contributed by atoms with Crippen molar-refractivity contribution < 1.29 is 14.1 Å². The summed E-state index contributed by atoms with van der Waals surface area (Å²) in [6.45, 7) is 2.10. The van der Waals surface area contributed by atoms with Gasteiger partial charge in [-0.05, 0) is 47.1 Å². The van der Waals surface area contributed by atoms with Crippen LogP contribution in [0.1, 0.15) is 22.6 Å². The van der Waals surface area contributed by atoms with Gasteiger partial charge >= 0.3 is 0 Å². The molecule has 0 aliphatic heterocycles. The number of hydrogen-bond acceptors (Lipinski definition) is 8. The van der Waals surface area contributed by atoms with Crippen LogP contribution in [-0.2, 0) is 11.3 Å². The van der Waals surface area contributed by atoms with Crippen molar-refractivity contribution in [3.8, 4) is 17.4 Å². The van der Waals surface area contributed by atoms with Crippen LogP contribution in [0.4, 0.5) is 11.5 Å². The van der Waals surface area contributed by atoms with E-state index in [0.717, 1.165) is 5.69 Å². The quantitative estimate of drug-likeness (QED) is 0.299. The summed E-state index contributed by atoms with van der Waals surface area (Å²) >= 11 is 3.33. The number of aromatic nitrogens is 1. The van der Waals surface area contributed by atoms with Gasteiger partial charge in [0.25, 0.3) is 5.69 Å². The number of hydrazone groups is 1. The maximum Gasteiger partial charge on any atom is 0.270 e. The van der Waals surface area contributed by atoms with E-state index in [9.17, 15) is 15.4 Å². The van der Waals surface area contributed by atoms with Crippen molar-refractivity contribution in [2.75, 3.05) is 12.5 Å². The van der Waals surface area contributed by atoms with Gasteiger partial charge in [-0.3, -0.25) is 15.5 Å². The summed E-state index contributed by atoms with van der Waals surface area (Å²) < 4.78 is 11.4. The second-order valence-electron chi connectivity index (χ2n) is 6.18. The summed E-state index contributed by atoms with van der Waals surface area (Å²) in [5.74, 6) is 1.30. The second-order valence-corrected chi connectivity index (χ2v) is 7.04. The molecule has 0 saturated carbocycles. The lowest BCUT2D eigenvalue weighted by molar-refractivity contribution is -0.384. The van der Waals surface area contributed by atoms with E-state index in [4.69, 9.17) is 9.15 Å². The molecule has 0 saturated heterocycles. The number of aryl methyl sites for hydroxylation is 1. The van der Waals surface area contributed by atoms with Crippen molar-refractivity contribution in [3.05, 3.63) is 73.6 Å². The van der Waals surface area contributed by atoms with Crippen LogP contribution in [0.3, 0.4) is 0 Å². The van der Waals surface area contributed by atoms with Crippen molar-refractivity contribution in [1.29, 1.82) is 5.26 Å². The van der Waals surface area contributed by atoms with Crippen LogP contribution in [0.15, 0.2) is 50.4 Å². The molecule has 3 rings (SSSR count). The van der Waals surface area contributed by atoms with Crippen LogP contribution in [0, 0.1) is 28.4 Å². The Balaban J connectivity index is 1.79. The maximum atomic E-state index is 10.9. The molecule has 3 aromatic rings. The molecule has 9 nitrogen and oxygen atoms in total. The third-order valence-electron chi connectivity index (χ3n) is 4.06. The first-order valence-corrected chi connectivity index (χ1v) is 9.45. The van der Waals surface area contributed by atoms with Gasteiger partial charge < -0.3 is 9.15 Å². The first kappa shape index (κ1) is 21.2. The van der Waals surface area contributed by atoms with Crippen LogP contribution < -0.4 is 5.43 Å². The van der Waals surface area contributed by atoms with E-state index < -0.39 is 4.92 Å². The number of benzene rings is 1. The van der Waals surface area contributed by atoms with E-state index in [-0.39, 0.29) is 12.3 Å². The summed E-state index contributed by atoms with van der Waals surface area (Å²) in [5, 5.41) is 24.4. The lowest BCUT2D eigenvalue weighted by Gasteiger charge is -2.08. The van der Waals surface area contributed by atoms with Crippen molar-refractivity contribution in [1.82, 2.24) is 4.98 Å². The second kappa shape index (κ2) is 9.30. The molecule has 10 heteroatoms. The molecule has 2 aromatic heterocycles. The molecule has 0 unspecified atom stereocenters. The number of non-ortho nitro benzene ring substituents is 1. The molecule has 0 bridgehead atoms. The zero-order valence-corrected chi connectivity index (χ0v) is 17.6. The van der Waals surface area contributed by atoms with E-state index in [0.29, 0.717) is 38.5 Å². The van der Waals surface area contributed by atoms with Crippen LogP contribution in [-0.4, -0.2) is 23.2 Å². The molecule has 0 fully saturated rings.